The Morgan fingerprint density at radius 1 is 1.19 bits per heavy atom. The normalized spacial score (nSPS) is 29.6. The van der Waals surface area contributed by atoms with Crippen molar-refractivity contribution < 1.29 is 14.7 Å². The van der Waals surface area contributed by atoms with E-state index in [4.69, 9.17) is 0 Å². The number of carbonyl (C=O) groups excluding carboxylic acids is 2. The Bertz CT molecular complexity index is 380. The summed E-state index contributed by atoms with van der Waals surface area (Å²) >= 11 is 0. The molecule has 3 atom stereocenters. The molecule has 0 aliphatic heterocycles. The van der Waals surface area contributed by atoms with Crippen LogP contribution in [0.1, 0.15) is 51.9 Å². The average Bonchev–Trinajstić information content (AvgIpc) is 3.07. The predicted octanol–water partition coefficient (Wildman–Crippen LogP) is 1.30. The zero-order valence-electron chi connectivity index (χ0n) is 13.2. The van der Waals surface area contributed by atoms with Crippen LogP contribution in [0.4, 0.5) is 0 Å². The van der Waals surface area contributed by atoms with Gasteiger partial charge in [-0.05, 0) is 25.2 Å². The summed E-state index contributed by atoms with van der Waals surface area (Å²) in [5, 5.41) is 13.3. The molecule has 0 radical (unpaired) electrons. The van der Waals surface area contributed by atoms with E-state index in [2.05, 4.69) is 5.32 Å². The van der Waals surface area contributed by atoms with Crippen LogP contribution in [-0.2, 0) is 9.59 Å². The molecule has 120 valence electrons. The Morgan fingerprint density at radius 2 is 1.86 bits per heavy atom. The van der Waals surface area contributed by atoms with Gasteiger partial charge in [0.1, 0.15) is 0 Å². The van der Waals surface area contributed by atoms with Gasteiger partial charge in [0, 0.05) is 20.5 Å². The smallest absolute Gasteiger partial charge is 0.225 e. The fourth-order valence-electron chi connectivity index (χ4n) is 3.73. The summed E-state index contributed by atoms with van der Waals surface area (Å²) in [7, 11) is 1.69. The number of amides is 2. The number of carbonyl (C=O) groups is 2. The molecule has 0 bridgehead atoms. The Morgan fingerprint density at radius 3 is 2.48 bits per heavy atom. The highest BCUT2D eigenvalue weighted by molar-refractivity contribution is 5.80. The molecule has 5 nitrogen and oxygen atoms in total. The molecule has 2 N–H and O–H groups in total. The maximum Gasteiger partial charge on any atom is 0.225 e. The van der Waals surface area contributed by atoms with Gasteiger partial charge < -0.3 is 15.3 Å². The van der Waals surface area contributed by atoms with E-state index in [9.17, 15) is 14.7 Å². The zero-order chi connectivity index (χ0) is 15.4. The summed E-state index contributed by atoms with van der Waals surface area (Å²) in [4.78, 5) is 25.1. The van der Waals surface area contributed by atoms with Crippen molar-refractivity contribution in [3.05, 3.63) is 0 Å². The number of hydrogen-bond acceptors (Lipinski definition) is 3. The minimum absolute atomic E-state index is 0.0556. The second-order valence-electron chi connectivity index (χ2n) is 6.60. The van der Waals surface area contributed by atoms with Crippen molar-refractivity contribution in [3.8, 4) is 0 Å². The molecule has 2 fully saturated rings. The molecule has 2 amide bonds. The van der Waals surface area contributed by atoms with Crippen molar-refractivity contribution in [2.75, 3.05) is 13.6 Å². The average molecular weight is 296 g/mol. The van der Waals surface area contributed by atoms with Crippen LogP contribution in [0.2, 0.25) is 0 Å². The van der Waals surface area contributed by atoms with Crippen molar-refractivity contribution in [3.63, 3.8) is 0 Å². The van der Waals surface area contributed by atoms with Gasteiger partial charge in [-0.15, -0.1) is 0 Å². The Hall–Kier alpha value is -1.10. The second-order valence-corrected chi connectivity index (χ2v) is 6.60. The van der Waals surface area contributed by atoms with Crippen LogP contribution in [0.25, 0.3) is 0 Å². The molecule has 0 spiro atoms. The molecular formula is C16H28N2O3. The molecule has 2 aliphatic rings. The van der Waals surface area contributed by atoms with Crippen LogP contribution >= 0.6 is 0 Å². The van der Waals surface area contributed by atoms with Gasteiger partial charge in [-0.3, -0.25) is 9.59 Å². The zero-order valence-corrected chi connectivity index (χ0v) is 13.2. The first-order valence-corrected chi connectivity index (χ1v) is 8.20. The van der Waals surface area contributed by atoms with Crippen molar-refractivity contribution in [2.24, 2.45) is 11.8 Å². The van der Waals surface area contributed by atoms with Gasteiger partial charge in [-0.1, -0.05) is 25.7 Å². The van der Waals surface area contributed by atoms with Crippen LogP contribution < -0.4 is 5.32 Å². The summed E-state index contributed by atoms with van der Waals surface area (Å²) in [5.74, 6) is 0.261. The maximum absolute atomic E-state index is 12.2. The molecule has 2 rings (SSSR count). The molecule has 0 aromatic carbocycles. The van der Waals surface area contributed by atoms with E-state index in [0.717, 1.165) is 12.3 Å². The van der Waals surface area contributed by atoms with E-state index in [-0.39, 0.29) is 23.8 Å². The summed E-state index contributed by atoms with van der Waals surface area (Å²) in [6.45, 7) is 2.20. The van der Waals surface area contributed by atoms with Crippen molar-refractivity contribution in [1.29, 1.82) is 0 Å². The number of aliphatic hydroxyl groups is 1. The SMILES string of the molecule is CC(=O)N(C)[C@@H]1CC[C@@H](C(=O)NCCC2CCCC2)[C@@H]1O. The van der Waals surface area contributed by atoms with Crippen LogP contribution in [0.5, 0.6) is 0 Å². The molecule has 5 heteroatoms. The van der Waals surface area contributed by atoms with Crippen molar-refractivity contribution in [1.82, 2.24) is 10.2 Å². The molecule has 0 aromatic heterocycles. The van der Waals surface area contributed by atoms with Crippen molar-refractivity contribution >= 4 is 11.8 Å². The first-order chi connectivity index (χ1) is 10.0. The molecule has 2 saturated carbocycles. The Kier molecular flexibility index (Phi) is 5.62. The van der Waals surface area contributed by atoms with Crippen LogP contribution in [0.3, 0.4) is 0 Å². The van der Waals surface area contributed by atoms with E-state index in [1.165, 1.54) is 32.6 Å². The standard InChI is InChI=1S/C16H28N2O3/c1-11(19)18(2)14-8-7-13(15(14)20)16(21)17-10-9-12-5-3-4-6-12/h12-15,20H,3-10H2,1-2H3,(H,17,21)/t13-,14-,15+/m1/s1. The topological polar surface area (TPSA) is 69.6 Å². The quantitative estimate of drug-likeness (QED) is 0.803. The van der Waals surface area contributed by atoms with E-state index < -0.39 is 6.10 Å². The second kappa shape index (κ2) is 7.25. The minimum atomic E-state index is -0.745. The third kappa shape index (κ3) is 3.96. The fourth-order valence-corrected chi connectivity index (χ4v) is 3.73. The molecular weight excluding hydrogens is 268 g/mol. The summed E-state index contributed by atoms with van der Waals surface area (Å²) in [5.41, 5.74) is 0. The Labute approximate surface area is 127 Å². The minimum Gasteiger partial charge on any atom is -0.390 e. The summed E-state index contributed by atoms with van der Waals surface area (Å²) in [6, 6.07) is -0.229. The van der Waals surface area contributed by atoms with E-state index in [0.29, 0.717) is 19.4 Å². The number of nitrogens with zero attached hydrogens (tertiary/aromatic N) is 1. The predicted molar refractivity (Wildman–Crippen MR) is 80.5 cm³/mol. The number of aliphatic hydroxyl groups excluding tert-OH is 1. The monoisotopic (exact) mass is 296 g/mol. The van der Waals surface area contributed by atoms with Gasteiger partial charge in [0.15, 0.2) is 0 Å². The third-order valence-corrected chi connectivity index (χ3v) is 5.24. The maximum atomic E-state index is 12.2. The number of hydrogen-bond donors (Lipinski definition) is 2. The summed E-state index contributed by atoms with van der Waals surface area (Å²) < 4.78 is 0. The number of rotatable bonds is 5. The van der Waals surface area contributed by atoms with E-state index >= 15 is 0 Å². The lowest BCUT2D eigenvalue weighted by Gasteiger charge is -2.27. The van der Waals surface area contributed by atoms with E-state index in [1.54, 1.807) is 11.9 Å². The molecule has 0 heterocycles. The first-order valence-electron chi connectivity index (χ1n) is 8.20. The molecule has 21 heavy (non-hydrogen) atoms. The lowest BCUT2D eigenvalue weighted by atomic mass is 10.0. The van der Waals surface area contributed by atoms with Crippen molar-refractivity contribution in [2.45, 2.75) is 64.0 Å². The van der Waals surface area contributed by atoms with E-state index in [1.807, 2.05) is 0 Å². The fraction of sp³-hybridized carbons (Fsp3) is 0.875. The van der Waals surface area contributed by atoms with Crippen LogP contribution in [0, 0.1) is 11.8 Å². The lowest BCUT2D eigenvalue weighted by molar-refractivity contribution is -0.134. The van der Waals surface area contributed by atoms with Crippen LogP contribution in [0.15, 0.2) is 0 Å². The molecule has 2 aliphatic carbocycles. The van der Waals surface area contributed by atoms with Gasteiger partial charge in [-0.25, -0.2) is 0 Å². The van der Waals surface area contributed by atoms with Gasteiger partial charge in [0.2, 0.25) is 11.8 Å². The molecule has 0 unspecified atom stereocenters. The van der Waals surface area contributed by atoms with Crippen LogP contribution in [-0.4, -0.2) is 47.6 Å². The number of likely N-dealkylation sites (N-methyl/N-ethyl adjacent to an activating group) is 1. The van der Waals surface area contributed by atoms with Gasteiger partial charge in [0.25, 0.3) is 0 Å². The first kappa shape index (κ1) is 16.3. The molecule has 0 aromatic rings. The number of nitrogens with one attached hydrogen (secondary N) is 1. The molecule has 0 saturated heterocycles. The largest absolute Gasteiger partial charge is 0.390 e. The third-order valence-electron chi connectivity index (χ3n) is 5.24. The van der Waals surface area contributed by atoms with Gasteiger partial charge in [-0.2, -0.15) is 0 Å². The Balaban J connectivity index is 1.76. The van der Waals surface area contributed by atoms with Gasteiger partial charge in [0.05, 0.1) is 18.1 Å². The highest BCUT2D eigenvalue weighted by Gasteiger charge is 2.41. The summed E-state index contributed by atoms with van der Waals surface area (Å²) in [6.07, 6.45) is 6.85. The van der Waals surface area contributed by atoms with Gasteiger partial charge >= 0.3 is 0 Å². The highest BCUT2D eigenvalue weighted by atomic mass is 16.3. The lowest BCUT2D eigenvalue weighted by Crippen LogP contribution is -2.45. The highest BCUT2D eigenvalue weighted by Crippen LogP contribution is 2.30.